The van der Waals surface area contributed by atoms with Crippen molar-refractivity contribution >= 4 is 18.4 Å². The minimum atomic E-state index is -2.53. The van der Waals surface area contributed by atoms with Crippen molar-refractivity contribution in [3.05, 3.63) is 45.7 Å². The number of unbranched alkanes of at least 4 members (excludes halogenated alkanes) is 5. The van der Waals surface area contributed by atoms with Gasteiger partial charge in [0.15, 0.2) is 0 Å². The molecule has 1 aromatic rings. The molecule has 0 saturated carbocycles. The Morgan fingerprint density at radius 2 is 1.34 bits per heavy atom. The average Bonchev–Trinajstić information content (AvgIpc) is 2.76. The van der Waals surface area contributed by atoms with Crippen LogP contribution < -0.4 is 0 Å². The van der Waals surface area contributed by atoms with Crippen molar-refractivity contribution < 1.29 is 9.47 Å². The Labute approximate surface area is 185 Å². The Morgan fingerprint density at radius 3 is 1.86 bits per heavy atom. The van der Waals surface area contributed by atoms with Gasteiger partial charge in [-0.2, -0.15) is 0 Å². The SMILES string of the molecule is CCCC/C=[C](\OCOCc1ccccc1)[Sn]([CH2]CCC)([CH2]CCC)[CH2]CCC. The summed E-state index contributed by atoms with van der Waals surface area (Å²) in [6, 6.07) is 10.4. The molecule has 0 spiro atoms. The van der Waals surface area contributed by atoms with Crippen LogP contribution in [0, 0.1) is 0 Å². The molecule has 0 aromatic heterocycles. The van der Waals surface area contributed by atoms with Gasteiger partial charge in [0.2, 0.25) is 0 Å². The molecule has 1 aromatic carbocycles. The van der Waals surface area contributed by atoms with E-state index in [1.807, 2.05) is 6.07 Å². The number of benzene rings is 1. The summed E-state index contributed by atoms with van der Waals surface area (Å²) < 4.78 is 18.2. The molecule has 0 aliphatic heterocycles. The van der Waals surface area contributed by atoms with Crippen molar-refractivity contribution in [3.8, 4) is 0 Å². The molecule has 3 heteroatoms. The minimum absolute atomic E-state index is 0.399. The van der Waals surface area contributed by atoms with Crippen molar-refractivity contribution in [2.24, 2.45) is 0 Å². The van der Waals surface area contributed by atoms with Crippen LogP contribution in [0.25, 0.3) is 0 Å². The van der Waals surface area contributed by atoms with E-state index >= 15 is 0 Å². The molecule has 0 N–H and O–H groups in total. The van der Waals surface area contributed by atoms with Crippen molar-refractivity contribution in [2.45, 2.75) is 105 Å². The van der Waals surface area contributed by atoms with Gasteiger partial charge in [-0.25, -0.2) is 0 Å². The van der Waals surface area contributed by atoms with Gasteiger partial charge in [0.25, 0.3) is 0 Å². The summed E-state index contributed by atoms with van der Waals surface area (Å²) in [7, 11) is 0. The fourth-order valence-corrected chi connectivity index (χ4v) is 19.8. The molecule has 0 atom stereocenters. The molecule has 1 rings (SSSR count). The van der Waals surface area contributed by atoms with E-state index in [0.29, 0.717) is 13.4 Å². The topological polar surface area (TPSA) is 18.5 Å². The second-order valence-corrected chi connectivity index (χ2v) is 21.4. The molecule has 0 saturated heterocycles. The zero-order valence-electron chi connectivity index (χ0n) is 19.7. The molecule has 0 aliphatic carbocycles. The third-order valence-corrected chi connectivity index (χ3v) is 21.0. The van der Waals surface area contributed by atoms with Crippen LogP contribution in [0.3, 0.4) is 0 Å². The Kier molecular flexibility index (Phi) is 15.8. The summed E-state index contributed by atoms with van der Waals surface area (Å²) in [5.74, 6) is 0. The number of hydrogen-bond donors (Lipinski definition) is 0. The Balaban J connectivity index is 2.89. The quantitative estimate of drug-likeness (QED) is 0.0854. The summed E-state index contributed by atoms with van der Waals surface area (Å²) in [6.45, 7) is 10.3. The Hall–Kier alpha value is -0.481. The Bertz CT molecular complexity index is 505. The zero-order chi connectivity index (χ0) is 21.2. The first-order valence-corrected chi connectivity index (χ1v) is 19.7. The first-order valence-electron chi connectivity index (χ1n) is 12.2. The molecule has 2 nitrogen and oxygen atoms in total. The molecule has 0 unspecified atom stereocenters. The van der Waals surface area contributed by atoms with Gasteiger partial charge in [-0.3, -0.25) is 0 Å². The van der Waals surface area contributed by atoms with Crippen molar-refractivity contribution in [3.63, 3.8) is 0 Å². The van der Waals surface area contributed by atoms with E-state index in [1.54, 1.807) is 0 Å². The summed E-state index contributed by atoms with van der Waals surface area (Å²) in [5, 5.41) is 0. The standard InChI is InChI=1S/C14H19O2.3C4H9.Sn/c1-2-3-4-8-11-15-13-16-12-14-9-6-5-7-10-14;3*1-3-4-2;/h5-10H,2-4,12-13H2,1H3;3*1,3-4H2,2H3;. The van der Waals surface area contributed by atoms with Crippen molar-refractivity contribution in [1.82, 2.24) is 0 Å². The van der Waals surface area contributed by atoms with Gasteiger partial charge in [0, 0.05) is 0 Å². The molecular formula is C26H46O2Sn. The van der Waals surface area contributed by atoms with Gasteiger partial charge < -0.3 is 0 Å². The number of hydrogen-bond acceptors (Lipinski definition) is 2. The van der Waals surface area contributed by atoms with Crippen molar-refractivity contribution in [2.75, 3.05) is 6.79 Å². The average molecular weight is 509 g/mol. The van der Waals surface area contributed by atoms with Gasteiger partial charge in [-0.1, -0.05) is 0 Å². The van der Waals surface area contributed by atoms with Gasteiger partial charge >= 0.3 is 186 Å². The van der Waals surface area contributed by atoms with Crippen LogP contribution in [0.15, 0.2) is 40.2 Å². The fourth-order valence-electron chi connectivity index (χ4n) is 3.99. The first kappa shape index (κ1) is 26.6. The van der Waals surface area contributed by atoms with E-state index in [9.17, 15) is 0 Å². The molecule has 0 bridgehead atoms. The normalized spacial score (nSPS) is 12.3. The van der Waals surface area contributed by atoms with E-state index in [2.05, 4.69) is 58.0 Å². The van der Waals surface area contributed by atoms with E-state index in [0.717, 1.165) is 6.42 Å². The molecule has 0 heterocycles. The van der Waals surface area contributed by atoms with Gasteiger partial charge in [-0.05, 0) is 0 Å². The van der Waals surface area contributed by atoms with Crippen LogP contribution in [0.2, 0.25) is 13.3 Å². The molecule has 0 amide bonds. The van der Waals surface area contributed by atoms with Gasteiger partial charge in [0.05, 0.1) is 0 Å². The van der Waals surface area contributed by atoms with E-state index in [-0.39, 0.29) is 0 Å². The monoisotopic (exact) mass is 510 g/mol. The van der Waals surface area contributed by atoms with Crippen LogP contribution in [-0.2, 0) is 16.1 Å². The van der Waals surface area contributed by atoms with Gasteiger partial charge in [-0.15, -0.1) is 0 Å². The van der Waals surface area contributed by atoms with Crippen LogP contribution in [0.4, 0.5) is 0 Å². The number of rotatable bonds is 18. The second kappa shape index (κ2) is 17.2. The summed E-state index contributed by atoms with van der Waals surface area (Å²) in [5.41, 5.74) is 1.21. The first-order chi connectivity index (χ1) is 14.2. The third-order valence-electron chi connectivity index (χ3n) is 5.85. The van der Waals surface area contributed by atoms with Crippen LogP contribution >= 0.6 is 0 Å². The molecule has 0 radical (unpaired) electrons. The van der Waals surface area contributed by atoms with Crippen molar-refractivity contribution in [1.29, 1.82) is 0 Å². The Morgan fingerprint density at radius 1 is 0.793 bits per heavy atom. The second-order valence-electron chi connectivity index (χ2n) is 8.40. The molecule has 0 fully saturated rings. The van der Waals surface area contributed by atoms with Gasteiger partial charge in [0.1, 0.15) is 0 Å². The summed E-state index contributed by atoms with van der Waals surface area (Å²) in [6.07, 6.45) is 14.1. The van der Waals surface area contributed by atoms with Crippen LogP contribution in [-0.4, -0.2) is 25.2 Å². The predicted molar refractivity (Wildman–Crippen MR) is 130 cm³/mol. The molecule has 29 heavy (non-hydrogen) atoms. The van der Waals surface area contributed by atoms with E-state index in [4.69, 9.17) is 9.47 Å². The third kappa shape index (κ3) is 10.9. The molecular weight excluding hydrogens is 463 g/mol. The van der Waals surface area contributed by atoms with E-state index in [1.165, 1.54) is 74.0 Å². The van der Waals surface area contributed by atoms with Crippen LogP contribution in [0.5, 0.6) is 0 Å². The number of ether oxygens (including phenoxy) is 2. The maximum absolute atomic E-state index is 6.50. The maximum atomic E-state index is 6.50. The molecule has 166 valence electrons. The number of allylic oxidation sites excluding steroid dienone is 1. The van der Waals surface area contributed by atoms with E-state index < -0.39 is 18.4 Å². The zero-order valence-corrected chi connectivity index (χ0v) is 22.5. The summed E-state index contributed by atoms with van der Waals surface area (Å²) in [4.78, 5) is 0. The molecule has 0 aliphatic rings. The predicted octanol–water partition coefficient (Wildman–Crippen LogP) is 8.64. The van der Waals surface area contributed by atoms with Crippen LogP contribution in [0.1, 0.15) is 91.0 Å². The summed E-state index contributed by atoms with van der Waals surface area (Å²) >= 11 is -2.53. The fraction of sp³-hybridized carbons (Fsp3) is 0.692.